The maximum atomic E-state index is 12.9. The topological polar surface area (TPSA) is 66.8 Å². The molecule has 3 aromatic rings. The van der Waals surface area contributed by atoms with E-state index in [4.69, 9.17) is 0 Å². The molecule has 2 aliphatic rings. The Morgan fingerprint density at radius 3 is 2.03 bits per heavy atom. The van der Waals surface area contributed by atoms with Gasteiger partial charge in [-0.05, 0) is 42.8 Å². The van der Waals surface area contributed by atoms with Crippen molar-refractivity contribution in [2.45, 2.75) is 6.92 Å². The van der Waals surface area contributed by atoms with Gasteiger partial charge in [0.1, 0.15) is 0 Å². The highest BCUT2D eigenvalue weighted by molar-refractivity contribution is 6.32. The largest absolute Gasteiger partial charge is 0.289 e. The molecule has 0 spiro atoms. The van der Waals surface area contributed by atoms with Crippen LogP contribution in [0.4, 0.5) is 5.69 Å². The van der Waals surface area contributed by atoms with E-state index in [9.17, 15) is 14.4 Å². The van der Waals surface area contributed by atoms with Gasteiger partial charge in [0.05, 0.1) is 17.0 Å². The van der Waals surface area contributed by atoms with Gasteiger partial charge >= 0.3 is 0 Å². The van der Waals surface area contributed by atoms with E-state index in [1.54, 1.807) is 55.5 Å². The van der Waals surface area contributed by atoms with Crippen LogP contribution in [-0.2, 0) is 4.79 Å². The Kier molecular flexibility index (Phi) is 4.03. The lowest BCUT2D eigenvalue weighted by atomic mass is 9.83. The summed E-state index contributed by atoms with van der Waals surface area (Å²) < 4.78 is 0. The first-order chi connectivity index (χ1) is 14.5. The number of amides is 1. The van der Waals surface area contributed by atoms with Crippen LogP contribution in [0.1, 0.15) is 44.3 Å². The number of hydrogen-bond acceptors (Lipinski definition) is 4. The zero-order chi connectivity index (χ0) is 20.8. The second kappa shape index (κ2) is 6.74. The molecule has 0 N–H and O–H groups in total. The molecule has 5 rings (SSSR count). The van der Waals surface area contributed by atoms with Crippen molar-refractivity contribution < 1.29 is 14.4 Å². The average Bonchev–Trinajstić information content (AvgIpc) is 3.06. The number of para-hydroxylation sites is 1. The molecule has 3 aromatic carbocycles. The van der Waals surface area contributed by atoms with E-state index in [1.807, 2.05) is 30.3 Å². The normalized spacial score (nSPS) is 16.6. The minimum atomic E-state index is -0.232. The van der Waals surface area contributed by atoms with Gasteiger partial charge in [-0.1, -0.05) is 48.5 Å². The number of hydrazone groups is 1. The molecular weight excluding hydrogens is 376 g/mol. The summed E-state index contributed by atoms with van der Waals surface area (Å²) in [4.78, 5) is 38.6. The minimum absolute atomic E-state index is 0.163. The highest BCUT2D eigenvalue weighted by atomic mass is 16.2. The molecule has 30 heavy (non-hydrogen) atoms. The molecular formula is C25H16N2O3. The van der Waals surface area contributed by atoms with Crippen molar-refractivity contribution in [3.63, 3.8) is 0 Å². The second-order valence-corrected chi connectivity index (χ2v) is 7.20. The van der Waals surface area contributed by atoms with Crippen LogP contribution in [-0.4, -0.2) is 23.2 Å². The van der Waals surface area contributed by atoms with Crippen LogP contribution in [0.5, 0.6) is 0 Å². The molecule has 0 aromatic heterocycles. The van der Waals surface area contributed by atoms with Crippen LogP contribution in [0, 0.1) is 0 Å². The van der Waals surface area contributed by atoms with Crippen molar-refractivity contribution in [3.05, 3.63) is 106 Å². The molecule has 1 aliphatic carbocycles. The third-order valence-electron chi connectivity index (χ3n) is 5.32. The molecule has 5 heteroatoms. The maximum Gasteiger partial charge on any atom is 0.280 e. The Labute approximate surface area is 173 Å². The number of rotatable bonds is 2. The molecule has 1 amide bonds. The Morgan fingerprint density at radius 1 is 0.733 bits per heavy atom. The standard InChI is InChI=1S/C25H16N2O3/c1-15-21(25(30)27(26-15)17-7-3-2-4-8-17)13-16-11-12-20-22(14-16)24(29)19-10-6-5-9-18(19)23(20)28/h2-14H,1H3/b21-13+. The van der Waals surface area contributed by atoms with Crippen molar-refractivity contribution in [3.8, 4) is 0 Å². The molecule has 0 radical (unpaired) electrons. The molecule has 0 atom stereocenters. The lowest BCUT2D eigenvalue weighted by molar-refractivity contribution is -0.114. The summed E-state index contributed by atoms with van der Waals surface area (Å²) in [6.45, 7) is 1.77. The highest BCUT2D eigenvalue weighted by Gasteiger charge is 2.31. The van der Waals surface area contributed by atoms with E-state index in [-0.39, 0.29) is 17.5 Å². The van der Waals surface area contributed by atoms with Crippen LogP contribution in [0.3, 0.4) is 0 Å². The monoisotopic (exact) mass is 392 g/mol. The number of carbonyl (C=O) groups is 3. The molecule has 1 heterocycles. The number of benzene rings is 3. The Hall–Kier alpha value is -4.12. The first kappa shape index (κ1) is 17.9. The van der Waals surface area contributed by atoms with Gasteiger partial charge in [0, 0.05) is 22.3 Å². The van der Waals surface area contributed by atoms with Gasteiger partial charge in [0.15, 0.2) is 11.6 Å². The summed E-state index contributed by atoms with van der Waals surface area (Å²) in [5, 5.41) is 5.74. The van der Waals surface area contributed by atoms with E-state index >= 15 is 0 Å². The molecule has 0 saturated heterocycles. The van der Waals surface area contributed by atoms with E-state index in [0.29, 0.717) is 44.8 Å². The van der Waals surface area contributed by atoms with Crippen molar-refractivity contribution in [1.29, 1.82) is 0 Å². The highest BCUT2D eigenvalue weighted by Crippen LogP contribution is 2.29. The second-order valence-electron chi connectivity index (χ2n) is 7.20. The fraction of sp³-hybridized carbons (Fsp3) is 0.0400. The SMILES string of the molecule is CC1=NN(c2ccccc2)C(=O)/C1=C/c1ccc2c(c1)C(=O)c1ccccc1C2=O. The molecule has 5 nitrogen and oxygen atoms in total. The van der Waals surface area contributed by atoms with Gasteiger partial charge in [-0.2, -0.15) is 10.1 Å². The van der Waals surface area contributed by atoms with E-state index in [0.717, 1.165) is 0 Å². The summed E-state index contributed by atoms with van der Waals surface area (Å²) in [6.07, 6.45) is 1.71. The minimum Gasteiger partial charge on any atom is -0.289 e. The molecule has 144 valence electrons. The fourth-order valence-electron chi connectivity index (χ4n) is 3.80. The summed E-state index contributed by atoms with van der Waals surface area (Å²) >= 11 is 0. The molecule has 0 fully saturated rings. The molecule has 0 unspecified atom stereocenters. The van der Waals surface area contributed by atoms with Gasteiger partial charge < -0.3 is 0 Å². The fourth-order valence-corrected chi connectivity index (χ4v) is 3.80. The number of hydrogen-bond donors (Lipinski definition) is 0. The average molecular weight is 392 g/mol. The predicted molar refractivity (Wildman–Crippen MR) is 115 cm³/mol. The quantitative estimate of drug-likeness (QED) is 0.479. The van der Waals surface area contributed by atoms with Gasteiger partial charge in [0.25, 0.3) is 5.91 Å². The zero-order valence-electron chi connectivity index (χ0n) is 16.1. The van der Waals surface area contributed by atoms with Gasteiger partial charge in [0.2, 0.25) is 0 Å². The van der Waals surface area contributed by atoms with Crippen molar-refractivity contribution in [2.75, 3.05) is 5.01 Å². The van der Waals surface area contributed by atoms with E-state index in [1.165, 1.54) is 5.01 Å². The number of carbonyl (C=O) groups excluding carboxylic acids is 3. The van der Waals surface area contributed by atoms with Gasteiger partial charge in [-0.15, -0.1) is 0 Å². The van der Waals surface area contributed by atoms with Gasteiger partial charge in [-0.25, -0.2) is 0 Å². The first-order valence-electron chi connectivity index (χ1n) is 9.54. The molecule has 0 bridgehead atoms. The Balaban J connectivity index is 1.53. The number of fused-ring (bicyclic) bond motifs is 2. The third-order valence-corrected chi connectivity index (χ3v) is 5.32. The Bertz CT molecular complexity index is 1300. The van der Waals surface area contributed by atoms with Crippen molar-refractivity contribution >= 4 is 34.9 Å². The predicted octanol–water partition coefficient (Wildman–Crippen LogP) is 4.27. The Morgan fingerprint density at radius 2 is 1.33 bits per heavy atom. The lowest BCUT2D eigenvalue weighted by Gasteiger charge is -2.17. The van der Waals surface area contributed by atoms with Crippen molar-refractivity contribution in [1.82, 2.24) is 0 Å². The van der Waals surface area contributed by atoms with Crippen LogP contribution in [0.15, 0.2) is 83.5 Å². The van der Waals surface area contributed by atoms with Gasteiger partial charge in [-0.3, -0.25) is 14.4 Å². The number of nitrogens with zero attached hydrogens (tertiary/aromatic N) is 2. The smallest absolute Gasteiger partial charge is 0.280 e. The molecule has 1 aliphatic heterocycles. The van der Waals surface area contributed by atoms with Crippen LogP contribution in [0.2, 0.25) is 0 Å². The summed E-state index contributed by atoms with van der Waals surface area (Å²) in [5.74, 6) is -0.581. The summed E-state index contributed by atoms with van der Waals surface area (Å²) in [7, 11) is 0. The van der Waals surface area contributed by atoms with E-state index < -0.39 is 0 Å². The van der Waals surface area contributed by atoms with Crippen LogP contribution in [0.25, 0.3) is 6.08 Å². The zero-order valence-corrected chi connectivity index (χ0v) is 16.1. The van der Waals surface area contributed by atoms with E-state index in [2.05, 4.69) is 5.10 Å². The van der Waals surface area contributed by atoms with Crippen molar-refractivity contribution in [2.24, 2.45) is 5.10 Å². The first-order valence-corrected chi connectivity index (χ1v) is 9.54. The summed E-state index contributed by atoms with van der Waals surface area (Å²) in [6, 6.07) is 21.1. The lowest BCUT2D eigenvalue weighted by Crippen LogP contribution is -2.21. The van der Waals surface area contributed by atoms with Crippen LogP contribution >= 0.6 is 0 Å². The summed E-state index contributed by atoms with van der Waals surface area (Å²) in [5.41, 5.74) is 3.97. The number of ketones is 2. The third kappa shape index (κ3) is 2.71. The maximum absolute atomic E-state index is 12.9. The number of anilines is 1. The molecule has 0 saturated carbocycles. The van der Waals surface area contributed by atoms with Crippen LogP contribution < -0.4 is 5.01 Å².